The second-order valence-corrected chi connectivity index (χ2v) is 5.89. The monoisotopic (exact) mass is 245 g/mol. The van der Waals surface area contributed by atoms with Crippen LogP contribution in [-0.4, -0.2) is 0 Å². The van der Waals surface area contributed by atoms with Crippen molar-refractivity contribution in [3.05, 3.63) is 56.8 Å². The minimum atomic E-state index is 0.942. The number of hydrogen-bond acceptors (Lipinski definition) is 2. The molecule has 0 saturated carbocycles. The van der Waals surface area contributed by atoms with Crippen LogP contribution in [0.15, 0.2) is 30.3 Å². The van der Waals surface area contributed by atoms with Crippen molar-refractivity contribution in [1.29, 1.82) is 0 Å². The summed E-state index contributed by atoms with van der Waals surface area (Å²) in [6.45, 7) is 8.40. The Balaban J connectivity index is 1.87. The van der Waals surface area contributed by atoms with Crippen molar-refractivity contribution in [2.24, 2.45) is 0 Å². The highest BCUT2D eigenvalue weighted by atomic mass is 32.1. The summed E-state index contributed by atoms with van der Waals surface area (Å²) < 4.78 is 0. The van der Waals surface area contributed by atoms with Gasteiger partial charge in [-0.1, -0.05) is 29.8 Å². The minimum absolute atomic E-state index is 0.942. The molecule has 0 aliphatic rings. The first kappa shape index (κ1) is 12.3. The molecule has 0 amide bonds. The second-order valence-electron chi connectivity index (χ2n) is 4.54. The van der Waals surface area contributed by atoms with Crippen LogP contribution in [0.3, 0.4) is 0 Å². The Hall–Kier alpha value is -1.12. The van der Waals surface area contributed by atoms with Crippen molar-refractivity contribution in [3.63, 3.8) is 0 Å². The van der Waals surface area contributed by atoms with Gasteiger partial charge in [-0.25, -0.2) is 0 Å². The lowest BCUT2D eigenvalue weighted by Gasteiger charge is -2.04. The van der Waals surface area contributed by atoms with E-state index in [0.717, 1.165) is 13.1 Å². The van der Waals surface area contributed by atoms with E-state index in [2.05, 4.69) is 56.4 Å². The second kappa shape index (κ2) is 5.48. The molecule has 2 heteroatoms. The molecule has 1 N–H and O–H groups in total. The molecule has 1 aromatic heterocycles. The van der Waals surface area contributed by atoms with Gasteiger partial charge in [-0.3, -0.25) is 0 Å². The maximum Gasteiger partial charge on any atom is 0.0303 e. The smallest absolute Gasteiger partial charge is 0.0303 e. The number of thiophene rings is 1. The fourth-order valence-corrected chi connectivity index (χ4v) is 2.91. The molecule has 0 atom stereocenters. The zero-order chi connectivity index (χ0) is 12.3. The molecule has 0 unspecified atom stereocenters. The van der Waals surface area contributed by atoms with Crippen molar-refractivity contribution in [2.75, 3.05) is 0 Å². The van der Waals surface area contributed by atoms with Crippen LogP contribution in [0, 0.1) is 20.8 Å². The van der Waals surface area contributed by atoms with Crippen molar-refractivity contribution >= 4 is 11.3 Å². The zero-order valence-corrected chi connectivity index (χ0v) is 11.5. The molecule has 2 rings (SSSR count). The molecular weight excluding hydrogens is 226 g/mol. The Kier molecular flexibility index (Phi) is 3.97. The maximum atomic E-state index is 3.50. The van der Waals surface area contributed by atoms with Crippen LogP contribution in [0.2, 0.25) is 0 Å². The van der Waals surface area contributed by atoms with Crippen molar-refractivity contribution in [2.45, 2.75) is 33.9 Å². The average Bonchev–Trinajstić information content (AvgIpc) is 2.58. The summed E-state index contributed by atoms with van der Waals surface area (Å²) >= 11 is 1.89. The summed E-state index contributed by atoms with van der Waals surface area (Å²) in [7, 11) is 0. The average molecular weight is 245 g/mol. The molecule has 1 aromatic carbocycles. The third-order valence-corrected chi connectivity index (χ3v) is 4.08. The van der Waals surface area contributed by atoms with Crippen LogP contribution < -0.4 is 5.32 Å². The summed E-state index contributed by atoms with van der Waals surface area (Å²) in [4.78, 5) is 2.85. The third-order valence-electron chi connectivity index (χ3n) is 2.93. The van der Waals surface area contributed by atoms with Gasteiger partial charge in [-0.15, -0.1) is 11.3 Å². The van der Waals surface area contributed by atoms with Gasteiger partial charge < -0.3 is 5.32 Å². The first-order valence-corrected chi connectivity index (χ1v) is 6.79. The quantitative estimate of drug-likeness (QED) is 0.859. The molecule has 2 aromatic rings. The molecule has 0 saturated heterocycles. The van der Waals surface area contributed by atoms with Crippen LogP contribution >= 0.6 is 11.3 Å². The maximum absolute atomic E-state index is 3.50. The van der Waals surface area contributed by atoms with E-state index < -0.39 is 0 Å². The lowest BCUT2D eigenvalue weighted by molar-refractivity contribution is 0.700. The molecule has 0 aliphatic carbocycles. The first-order chi connectivity index (χ1) is 8.15. The fourth-order valence-electron chi connectivity index (χ4n) is 1.89. The Bertz CT molecular complexity index is 480. The van der Waals surface area contributed by atoms with Gasteiger partial charge in [0.15, 0.2) is 0 Å². The summed E-state index contributed by atoms with van der Waals surface area (Å²) in [6.07, 6.45) is 0. The molecule has 0 spiro atoms. The fraction of sp³-hybridized carbons (Fsp3) is 0.333. The topological polar surface area (TPSA) is 12.0 Å². The van der Waals surface area contributed by atoms with Crippen LogP contribution in [0.4, 0.5) is 0 Å². The van der Waals surface area contributed by atoms with E-state index >= 15 is 0 Å². The summed E-state index contributed by atoms with van der Waals surface area (Å²) in [5, 5.41) is 3.50. The largest absolute Gasteiger partial charge is 0.308 e. The van der Waals surface area contributed by atoms with Crippen molar-refractivity contribution in [3.8, 4) is 0 Å². The van der Waals surface area contributed by atoms with E-state index in [1.165, 1.54) is 26.4 Å². The number of rotatable bonds is 4. The summed E-state index contributed by atoms with van der Waals surface area (Å²) in [6, 6.07) is 10.9. The summed E-state index contributed by atoms with van der Waals surface area (Å²) in [5.41, 5.74) is 4.09. The van der Waals surface area contributed by atoms with E-state index in [0.29, 0.717) is 0 Å². The van der Waals surface area contributed by atoms with Gasteiger partial charge in [0.05, 0.1) is 0 Å². The van der Waals surface area contributed by atoms with Crippen LogP contribution in [0.1, 0.15) is 26.4 Å². The minimum Gasteiger partial charge on any atom is -0.308 e. The van der Waals surface area contributed by atoms with Crippen molar-refractivity contribution < 1.29 is 0 Å². The number of benzene rings is 1. The standard InChI is InChI=1S/C15H19NS/c1-11-5-4-6-14(7-11)9-16-10-15-8-12(2)13(3)17-15/h4-8,16H,9-10H2,1-3H3. The SMILES string of the molecule is Cc1cccc(CNCc2cc(C)c(C)s2)c1. The van der Waals surface area contributed by atoms with E-state index in [1.807, 2.05) is 11.3 Å². The first-order valence-electron chi connectivity index (χ1n) is 5.97. The van der Waals surface area contributed by atoms with Gasteiger partial charge in [0.2, 0.25) is 0 Å². The lowest BCUT2D eigenvalue weighted by Crippen LogP contribution is -2.11. The Morgan fingerprint density at radius 3 is 2.53 bits per heavy atom. The molecular formula is C15H19NS. The third kappa shape index (κ3) is 3.42. The van der Waals surface area contributed by atoms with E-state index in [4.69, 9.17) is 0 Å². The van der Waals surface area contributed by atoms with E-state index in [-0.39, 0.29) is 0 Å². The van der Waals surface area contributed by atoms with Gasteiger partial charge in [-0.05, 0) is 38.0 Å². The zero-order valence-electron chi connectivity index (χ0n) is 10.7. The number of aryl methyl sites for hydroxylation is 3. The Morgan fingerprint density at radius 1 is 1.06 bits per heavy atom. The highest BCUT2D eigenvalue weighted by Crippen LogP contribution is 2.20. The van der Waals surface area contributed by atoms with Crippen LogP contribution in [0.5, 0.6) is 0 Å². The molecule has 90 valence electrons. The number of nitrogens with one attached hydrogen (secondary N) is 1. The van der Waals surface area contributed by atoms with Crippen LogP contribution in [0.25, 0.3) is 0 Å². The predicted octanol–water partition coefficient (Wildman–Crippen LogP) is 3.96. The Morgan fingerprint density at radius 2 is 1.88 bits per heavy atom. The molecule has 1 heterocycles. The molecule has 17 heavy (non-hydrogen) atoms. The highest BCUT2D eigenvalue weighted by Gasteiger charge is 2.01. The van der Waals surface area contributed by atoms with E-state index in [1.54, 1.807) is 0 Å². The van der Waals surface area contributed by atoms with Gasteiger partial charge >= 0.3 is 0 Å². The highest BCUT2D eigenvalue weighted by molar-refractivity contribution is 7.12. The molecule has 0 radical (unpaired) electrons. The number of hydrogen-bond donors (Lipinski definition) is 1. The van der Waals surface area contributed by atoms with Crippen molar-refractivity contribution in [1.82, 2.24) is 5.32 Å². The molecule has 1 nitrogen and oxygen atoms in total. The van der Waals surface area contributed by atoms with Gasteiger partial charge in [0.1, 0.15) is 0 Å². The molecule has 0 bridgehead atoms. The van der Waals surface area contributed by atoms with E-state index in [9.17, 15) is 0 Å². The normalized spacial score (nSPS) is 10.8. The predicted molar refractivity (Wildman–Crippen MR) is 75.5 cm³/mol. The lowest BCUT2D eigenvalue weighted by atomic mass is 10.1. The molecule has 0 fully saturated rings. The van der Waals surface area contributed by atoms with Crippen LogP contribution in [-0.2, 0) is 13.1 Å². The Labute approximate surface area is 108 Å². The summed E-state index contributed by atoms with van der Waals surface area (Å²) in [5.74, 6) is 0. The van der Waals surface area contributed by atoms with Gasteiger partial charge in [0.25, 0.3) is 0 Å². The van der Waals surface area contributed by atoms with Gasteiger partial charge in [-0.2, -0.15) is 0 Å². The van der Waals surface area contributed by atoms with Gasteiger partial charge in [0, 0.05) is 22.8 Å². The molecule has 0 aliphatic heterocycles.